The van der Waals surface area contributed by atoms with Crippen LogP contribution in [0.5, 0.6) is 0 Å². The minimum Gasteiger partial charge on any atom is -0.134 e. The maximum Gasteiger partial charge on any atom is 0.0750 e. The molecule has 2 heteroatoms. The van der Waals surface area contributed by atoms with Crippen LogP contribution in [0.25, 0.3) is 0 Å². The van der Waals surface area contributed by atoms with E-state index in [1.807, 2.05) is 0 Å². The summed E-state index contributed by atoms with van der Waals surface area (Å²) in [6.07, 6.45) is 3.52. The van der Waals surface area contributed by atoms with Gasteiger partial charge in [0.15, 0.2) is 0 Å². The van der Waals surface area contributed by atoms with Crippen LogP contribution in [0.4, 0.5) is 0 Å². The number of hydrogen-bond donors (Lipinski definition) is 0. The Balaban J connectivity index is 2.75. The van der Waals surface area contributed by atoms with Crippen molar-refractivity contribution < 1.29 is 5.21 Å². The number of fused-ring (bicyclic) bond motifs is 1. The lowest BCUT2D eigenvalue weighted by Crippen LogP contribution is -2.47. The minimum atomic E-state index is -0.326. The van der Waals surface area contributed by atoms with Gasteiger partial charge in [0.2, 0.25) is 0 Å². The summed E-state index contributed by atoms with van der Waals surface area (Å²) in [4.78, 5) is 0. The number of rotatable bonds is 4. The van der Waals surface area contributed by atoms with Gasteiger partial charge in [-0.15, -0.1) is 10.3 Å². The van der Waals surface area contributed by atoms with Gasteiger partial charge in [-0.3, -0.25) is 0 Å². The minimum absolute atomic E-state index is 0.324. The lowest BCUT2D eigenvalue weighted by atomic mass is 9.82. The molecule has 2 rings (SSSR count). The molecule has 105 valence electrons. The first-order valence-electron chi connectivity index (χ1n) is 7.61. The van der Waals surface area contributed by atoms with Crippen LogP contribution in [0, 0.1) is 6.92 Å². The third kappa shape index (κ3) is 1.70. The standard InChI is InChI=1S/C17H26NO/c1-6-16(7-2)14-11-10-13(5)12-15(14)17(8-3,9-4)18(16)19/h10-12H,6-9H2,1-5H3. The Kier molecular flexibility index (Phi) is 3.76. The largest absolute Gasteiger partial charge is 0.134 e. The normalized spacial score (nSPS) is 20.5. The molecule has 2 nitrogen and oxygen atoms in total. The molecule has 0 saturated carbocycles. The highest BCUT2D eigenvalue weighted by molar-refractivity contribution is 5.46. The summed E-state index contributed by atoms with van der Waals surface area (Å²) < 4.78 is 0. The Bertz CT molecular complexity index is 458. The van der Waals surface area contributed by atoms with E-state index in [-0.39, 0.29) is 11.1 Å². The van der Waals surface area contributed by atoms with Crippen LogP contribution in [-0.2, 0) is 16.3 Å². The summed E-state index contributed by atoms with van der Waals surface area (Å²) in [6.45, 7) is 10.7. The van der Waals surface area contributed by atoms with Crippen molar-refractivity contribution in [3.05, 3.63) is 34.9 Å². The number of hydrogen-bond acceptors (Lipinski definition) is 1. The molecule has 0 amide bonds. The lowest BCUT2D eigenvalue weighted by Gasteiger charge is -2.40. The molecule has 1 aromatic rings. The third-order valence-electron chi connectivity index (χ3n) is 5.29. The molecule has 0 spiro atoms. The van der Waals surface area contributed by atoms with E-state index in [0.29, 0.717) is 0 Å². The first-order valence-corrected chi connectivity index (χ1v) is 7.61. The fourth-order valence-electron chi connectivity index (χ4n) is 3.91. The van der Waals surface area contributed by atoms with Crippen LogP contribution in [0.15, 0.2) is 18.2 Å². The maximum absolute atomic E-state index is 13.2. The monoisotopic (exact) mass is 260 g/mol. The topological polar surface area (TPSA) is 23.1 Å². The molecule has 0 aliphatic carbocycles. The van der Waals surface area contributed by atoms with Gasteiger partial charge in [0.1, 0.15) is 0 Å². The highest BCUT2D eigenvalue weighted by atomic mass is 16.5. The molecule has 0 atom stereocenters. The van der Waals surface area contributed by atoms with E-state index in [1.54, 1.807) is 0 Å². The van der Waals surface area contributed by atoms with Gasteiger partial charge < -0.3 is 0 Å². The number of nitrogens with zero attached hydrogens (tertiary/aromatic N) is 1. The zero-order valence-electron chi connectivity index (χ0n) is 12.9. The highest BCUT2D eigenvalue weighted by Gasteiger charge is 2.56. The number of benzene rings is 1. The average molecular weight is 260 g/mol. The second kappa shape index (κ2) is 4.92. The van der Waals surface area contributed by atoms with Gasteiger partial charge in [0.05, 0.1) is 11.1 Å². The van der Waals surface area contributed by atoms with E-state index < -0.39 is 0 Å². The van der Waals surface area contributed by atoms with E-state index >= 15 is 0 Å². The molecule has 0 aromatic heterocycles. The van der Waals surface area contributed by atoms with E-state index in [9.17, 15) is 5.21 Å². The summed E-state index contributed by atoms with van der Waals surface area (Å²) in [5.41, 5.74) is 3.14. The van der Waals surface area contributed by atoms with Crippen molar-refractivity contribution in [2.45, 2.75) is 71.4 Å². The van der Waals surface area contributed by atoms with Crippen LogP contribution in [0.2, 0.25) is 0 Å². The first-order chi connectivity index (χ1) is 9.02. The van der Waals surface area contributed by atoms with E-state index in [4.69, 9.17) is 0 Å². The van der Waals surface area contributed by atoms with Crippen molar-refractivity contribution >= 4 is 0 Å². The molecule has 1 heterocycles. The molecule has 19 heavy (non-hydrogen) atoms. The quantitative estimate of drug-likeness (QED) is 0.770. The van der Waals surface area contributed by atoms with Gasteiger partial charge in [-0.25, -0.2) is 0 Å². The summed E-state index contributed by atoms with van der Waals surface area (Å²) in [7, 11) is 0. The van der Waals surface area contributed by atoms with Gasteiger partial charge in [-0.2, -0.15) is 0 Å². The molecule has 0 bridgehead atoms. The van der Waals surface area contributed by atoms with E-state index in [0.717, 1.165) is 25.7 Å². The number of aryl methyl sites for hydroxylation is 1. The molecular weight excluding hydrogens is 234 g/mol. The predicted molar refractivity (Wildman–Crippen MR) is 78.2 cm³/mol. The molecule has 0 saturated heterocycles. The first kappa shape index (κ1) is 14.5. The van der Waals surface area contributed by atoms with Crippen LogP contribution < -0.4 is 0 Å². The van der Waals surface area contributed by atoms with Crippen molar-refractivity contribution in [1.29, 1.82) is 0 Å². The summed E-state index contributed by atoms with van der Waals surface area (Å²) >= 11 is 0. The van der Waals surface area contributed by atoms with E-state index in [1.165, 1.54) is 21.8 Å². The summed E-state index contributed by atoms with van der Waals surface area (Å²) in [5, 5.41) is 14.6. The third-order valence-corrected chi connectivity index (χ3v) is 5.29. The molecule has 1 aliphatic rings. The second-order valence-corrected chi connectivity index (χ2v) is 5.82. The molecule has 0 unspecified atom stereocenters. The molecular formula is C17H26NO. The molecule has 0 fully saturated rings. The smallest absolute Gasteiger partial charge is 0.0750 e. The van der Waals surface area contributed by atoms with Crippen molar-refractivity contribution in [2.75, 3.05) is 0 Å². The second-order valence-electron chi connectivity index (χ2n) is 5.82. The maximum atomic E-state index is 13.2. The zero-order valence-corrected chi connectivity index (χ0v) is 12.9. The van der Waals surface area contributed by atoms with Gasteiger partial charge in [0.25, 0.3) is 0 Å². The van der Waals surface area contributed by atoms with Crippen molar-refractivity contribution in [2.24, 2.45) is 0 Å². The van der Waals surface area contributed by atoms with Crippen molar-refractivity contribution in [3.8, 4) is 0 Å². The Morgan fingerprint density at radius 1 is 0.895 bits per heavy atom. The van der Waals surface area contributed by atoms with Gasteiger partial charge in [0, 0.05) is 0 Å². The van der Waals surface area contributed by atoms with E-state index in [2.05, 4.69) is 52.8 Å². The highest BCUT2D eigenvalue weighted by Crippen LogP contribution is 2.55. The fraction of sp³-hybridized carbons (Fsp3) is 0.647. The lowest BCUT2D eigenvalue weighted by molar-refractivity contribution is -0.287. The molecule has 1 aliphatic heterocycles. The Morgan fingerprint density at radius 2 is 1.37 bits per heavy atom. The molecule has 0 N–H and O–H groups in total. The van der Waals surface area contributed by atoms with Gasteiger partial charge in [-0.1, -0.05) is 51.5 Å². The van der Waals surface area contributed by atoms with Crippen molar-refractivity contribution in [3.63, 3.8) is 0 Å². The fourth-order valence-corrected chi connectivity index (χ4v) is 3.91. The predicted octanol–water partition coefficient (Wildman–Crippen LogP) is 4.69. The van der Waals surface area contributed by atoms with Gasteiger partial charge >= 0.3 is 0 Å². The van der Waals surface area contributed by atoms with Crippen LogP contribution >= 0.6 is 0 Å². The van der Waals surface area contributed by atoms with Crippen LogP contribution in [0.1, 0.15) is 70.1 Å². The van der Waals surface area contributed by atoms with Crippen LogP contribution in [-0.4, -0.2) is 5.06 Å². The Labute approximate surface area is 117 Å². The SMILES string of the molecule is CCC1(CC)c2ccc(C)cc2C(CC)(CC)N1[O]. The van der Waals surface area contributed by atoms with Gasteiger partial charge in [-0.05, 0) is 43.7 Å². The Hall–Kier alpha value is -0.860. The van der Waals surface area contributed by atoms with Crippen LogP contribution in [0.3, 0.4) is 0 Å². The number of hydroxylamine groups is 2. The molecule has 1 aromatic carbocycles. The summed E-state index contributed by atoms with van der Waals surface area (Å²) in [6, 6.07) is 6.57. The average Bonchev–Trinajstić information content (AvgIpc) is 2.64. The van der Waals surface area contributed by atoms with Crippen molar-refractivity contribution in [1.82, 2.24) is 5.06 Å². The summed E-state index contributed by atoms with van der Waals surface area (Å²) in [5.74, 6) is 0. The molecule has 1 radical (unpaired) electrons. The Morgan fingerprint density at radius 3 is 1.84 bits per heavy atom. The zero-order chi connectivity index (χ0) is 14.3.